The van der Waals surface area contributed by atoms with Gasteiger partial charge in [0.2, 0.25) is 22.0 Å². The van der Waals surface area contributed by atoms with Crippen LogP contribution in [0.5, 0.6) is 0 Å². The van der Waals surface area contributed by atoms with Gasteiger partial charge >= 0.3 is 10.8 Å². The Morgan fingerprint density at radius 3 is 2.56 bits per heavy atom. The number of anilines is 2. The number of methoxy groups -OCH3 is 1. The number of thioether (sulfide) groups is 1. The van der Waals surface area contributed by atoms with Crippen LogP contribution in [0.1, 0.15) is 33.6 Å². The van der Waals surface area contributed by atoms with Gasteiger partial charge in [-0.15, -0.1) is 11.8 Å². The molecule has 0 saturated carbocycles. The number of benzene rings is 1. The van der Waals surface area contributed by atoms with Crippen molar-refractivity contribution < 1.29 is 13.9 Å². The number of hydrogen-bond acceptors (Lipinski definition) is 11. The lowest BCUT2D eigenvalue weighted by Crippen LogP contribution is -2.31. The van der Waals surface area contributed by atoms with Gasteiger partial charge in [-0.1, -0.05) is 11.6 Å². The number of rotatable bonds is 8. The quantitative estimate of drug-likeness (QED) is 0.275. The van der Waals surface area contributed by atoms with E-state index in [0.717, 1.165) is 48.6 Å². The molecule has 212 valence electrons. The molecule has 2 aromatic heterocycles. The maximum Gasteiger partial charge on any atom is 0.325 e. The molecule has 1 aliphatic rings. The number of fused-ring (bicyclic) bond motifs is 1. The number of aromatic nitrogens is 5. The summed E-state index contributed by atoms with van der Waals surface area (Å²) in [5, 5.41) is 6.43. The van der Waals surface area contributed by atoms with E-state index in [1.807, 2.05) is 20.8 Å². The highest BCUT2D eigenvalue weighted by Crippen LogP contribution is 2.33. The summed E-state index contributed by atoms with van der Waals surface area (Å²) in [6, 6.07) is 2.91. The molecule has 0 bridgehead atoms. The molecular formula is C23H29Cl2FN8O3S2. The van der Waals surface area contributed by atoms with Crippen molar-refractivity contribution >= 4 is 69.9 Å². The van der Waals surface area contributed by atoms with Gasteiger partial charge in [-0.05, 0) is 68.7 Å². The molecule has 0 saturated heterocycles. The van der Waals surface area contributed by atoms with Crippen molar-refractivity contribution in [3.8, 4) is 0 Å². The summed E-state index contributed by atoms with van der Waals surface area (Å²) in [7, 11) is 1.30. The van der Waals surface area contributed by atoms with Crippen LogP contribution in [0.2, 0.25) is 10.3 Å². The number of esters is 1. The highest BCUT2D eigenvalue weighted by Gasteiger charge is 2.15. The number of ether oxygens (including phenoxy) is 1. The zero-order chi connectivity index (χ0) is 28.5. The van der Waals surface area contributed by atoms with Crippen molar-refractivity contribution in [3.63, 3.8) is 0 Å². The molecule has 3 aromatic rings. The average Bonchev–Trinajstić information content (AvgIpc) is 3.19. The third-order valence-corrected chi connectivity index (χ3v) is 7.54. The molecule has 11 nitrogen and oxygen atoms in total. The molecule has 16 heteroatoms. The third-order valence-electron chi connectivity index (χ3n) is 5.04. The van der Waals surface area contributed by atoms with E-state index in [9.17, 15) is 14.0 Å². The van der Waals surface area contributed by atoms with Crippen molar-refractivity contribution in [1.82, 2.24) is 24.3 Å². The van der Waals surface area contributed by atoms with Gasteiger partial charge in [-0.25, -0.2) is 14.1 Å². The summed E-state index contributed by atoms with van der Waals surface area (Å²) in [5.41, 5.74) is 0.0829. The maximum absolute atomic E-state index is 14.3. The molecule has 0 fully saturated rings. The number of halogens is 3. The molecule has 0 aliphatic carbocycles. The fourth-order valence-electron chi connectivity index (χ4n) is 3.34. The Balaban J connectivity index is 0.000000255. The summed E-state index contributed by atoms with van der Waals surface area (Å²) < 4.78 is 22.3. The van der Waals surface area contributed by atoms with E-state index in [0.29, 0.717) is 34.7 Å². The second-order valence-corrected chi connectivity index (χ2v) is 11.1. The minimum atomic E-state index is -0.580. The van der Waals surface area contributed by atoms with Crippen LogP contribution in [0.3, 0.4) is 0 Å². The number of nitrogens with one attached hydrogen (secondary N) is 2. The standard InChI is InChI=1S/C15H15ClFN3O3S2.C8H14ClN5/c1-23-13(21)8-24-12-7-11(10(17)6-9(12)16)18-14-19-4-2-3-5-20(19)15(22)25-14;1-4-10-7-12-6(9)13-8(14-7)11-5(2)3/h6-7H,2-5,8H2,1H3;5H,4H2,1-3H3,(H2,10,11,12,13,14)/b18-14-;. The van der Waals surface area contributed by atoms with E-state index < -0.39 is 11.8 Å². The lowest BCUT2D eigenvalue weighted by atomic mass is 10.3. The molecule has 0 spiro atoms. The van der Waals surface area contributed by atoms with Crippen molar-refractivity contribution in [3.05, 3.63) is 42.7 Å². The summed E-state index contributed by atoms with van der Waals surface area (Å²) in [5.74, 6) is 0.0690. The molecule has 0 radical (unpaired) electrons. The minimum absolute atomic E-state index is 0.0605. The smallest absolute Gasteiger partial charge is 0.325 e. The van der Waals surface area contributed by atoms with Gasteiger partial charge in [0.25, 0.3) is 0 Å². The van der Waals surface area contributed by atoms with Crippen LogP contribution in [0, 0.1) is 5.82 Å². The van der Waals surface area contributed by atoms with E-state index in [-0.39, 0.29) is 32.7 Å². The Hall–Kier alpha value is -2.68. The van der Waals surface area contributed by atoms with Gasteiger partial charge in [0, 0.05) is 30.6 Å². The van der Waals surface area contributed by atoms with Gasteiger partial charge in [-0.2, -0.15) is 15.0 Å². The van der Waals surface area contributed by atoms with E-state index in [4.69, 9.17) is 23.2 Å². The van der Waals surface area contributed by atoms with Crippen LogP contribution in [0.4, 0.5) is 22.0 Å². The lowest BCUT2D eigenvalue weighted by Gasteiger charge is -2.15. The molecule has 1 aliphatic heterocycles. The fourth-order valence-corrected chi connectivity index (χ4v) is 5.49. The molecule has 4 rings (SSSR count). The number of nitrogens with zero attached hydrogens (tertiary/aromatic N) is 6. The highest BCUT2D eigenvalue weighted by molar-refractivity contribution is 8.00. The van der Waals surface area contributed by atoms with Crippen LogP contribution in [-0.2, 0) is 22.6 Å². The molecule has 0 unspecified atom stereocenters. The van der Waals surface area contributed by atoms with Crippen LogP contribution < -0.4 is 20.3 Å². The highest BCUT2D eigenvalue weighted by atomic mass is 35.5. The van der Waals surface area contributed by atoms with Crippen molar-refractivity contribution in [2.75, 3.05) is 30.0 Å². The first-order valence-corrected chi connectivity index (χ1v) is 14.6. The van der Waals surface area contributed by atoms with Gasteiger partial charge in [0.1, 0.15) is 11.5 Å². The summed E-state index contributed by atoms with van der Waals surface area (Å²) in [6.07, 6.45) is 1.90. The average molecular weight is 620 g/mol. The maximum atomic E-state index is 14.3. The second-order valence-electron chi connectivity index (χ2n) is 8.40. The monoisotopic (exact) mass is 618 g/mol. The molecular weight excluding hydrogens is 590 g/mol. The molecule has 39 heavy (non-hydrogen) atoms. The Morgan fingerprint density at radius 2 is 1.90 bits per heavy atom. The minimum Gasteiger partial charge on any atom is -0.468 e. The van der Waals surface area contributed by atoms with Crippen molar-refractivity contribution in [2.24, 2.45) is 4.99 Å². The lowest BCUT2D eigenvalue weighted by molar-refractivity contribution is -0.137. The molecule has 0 amide bonds. The fraction of sp³-hybridized carbons (Fsp3) is 0.478. The van der Waals surface area contributed by atoms with E-state index in [1.165, 1.54) is 13.2 Å². The third kappa shape index (κ3) is 8.92. The van der Waals surface area contributed by atoms with Gasteiger partial charge in [0.15, 0.2) is 0 Å². The van der Waals surface area contributed by atoms with Gasteiger partial charge in [0.05, 0.1) is 17.9 Å². The van der Waals surface area contributed by atoms with Crippen molar-refractivity contribution in [1.29, 1.82) is 0 Å². The zero-order valence-corrected chi connectivity index (χ0v) is 25.0. The van der Waals surface area contributed by atoms with Crippen molar-refractivity contribution in [2.45, 2.75) is 57.6 Å². The van der Waals surface area contributed by atoms with E-state index in [2.05, 4.69) is 35.3 Å². The largest absolute Gasteiger partial charge is 0.468 e. The first kappa shape index (κ1) is 30.9. The van der Waals surface area contributed by atoms with Crippen LogP contribution in [0.25, 0.3) is 0 Å². The number of carbonyl (C=O) groups is 1. The Morgan fingerprint density at radius 1 is 1.21 bits per heavy atom. The zero-order valence-electron chi connectivity index (χ0n) is 21.8. The first-order chi connectivity index (χ1) is 18.6. The Bertz CT molecular complexity index is 1430. The molecule has 3 heterocycles. The van der Waals surface area contributed by atoms with E-state index in [1.54, 1.807) is 9.36 Å². The SMILES string of the molecule is CCNc1nc(Cl)nc(NC(C)C)n1.COC(=O)CSc1cc(/N=c2\sc(=O)n3n2CCCC3)c(F)cc1Cl. The molecule has 1 aromatic carbocycles. The second kappa shape index (κ2) is 14.6. The number of hydrogen-bond donors (Lipinski definition) is 2. The summed E-state index contributed by atoms with van der Waals surface area (Å²) in [6.45, 7) is 8.05. The first-order valence-electron chi connectivity index (χ1n) is 12.1. The van der Waals surface area contributed by atoms with Gasteiger partial charge in [-0.3, -0.25) is 14.3 Å². The normalized spacial score (nSPS) is 13.0. The predicted molar refractivity (Wildman–Crippen MR) is 153 cm³/mol. The van der Waals surface area contributed by atoms with Crippen LogP contribution in [0.15, 0.2) is 26.8 Å². The number of carbonyl (C=O) groups excluding carboxylic acids is 1. The van der Waals surface area contributed by atoms with Crippen LogP contribution in [-0.4, -0.2) is 55.7 Å². The summed E-state index contributed by atoms with van der Waals surface area (Å²) in [4.78, 5) is 40.5. The van der Waals surface area contributed by atoms with Gasteiger partial charge < -0.3 is 15.4 Å². The topological polar surface area (TPSA) is 128 Å². The molecule has 2 N–H and O–H groups in total. The van der Waals surface area contributed by atoms with E-state index >= 15 is 0 Å². The molecule has 0 atom stereocenters. The Kier molecular flexibility index (Phi) is 11.6. The van der Waals surface area contributed by atoms with Crippen LogP contribution >= 0.6 is 46.3 Å². The predicted octanol–water partition coefficient (Wildman–Crippen LogP) is 4.57. The summed E-state index contributed by atoms with van der Waals surface area (Å²) >= 11 is 13.9. The Labute approximate surface area is 242 Å².